The average molecular weight is 315 g/mol. The van der Waals surface area contributed by atoms with Crippen molar-refractivity contribution >= 4 is 22.2 Å². The van der Waals surface area contributed by atoms with Gasteiger partial charge in [-0.2, -0.15) is 13.2 Å². The molecule has 3 nitrogen and oxygen atoms in total. The molecule has 0 saturated carbocycles. The van der Waals surface area contributed by atoms with Gasteiger partial charge in [0.25, 0.3) is 0 Å². The van der Waals surface area contributed by atoms with Gasteiger partial charge in [0.15, 0.2) is 5.13 Å². The van der Waals surface area contributed by atoms with E-state index < -0.39 is 11.7 Å². The largest absolute Gasteiger partial charge is 0.416 e. The number of aromatic nitrogens is 1. The van der Waals surface area contributed by atoms with Crippen LogP contribution in [0, 0.1) is 0 Å². The number of nitrogens with one attached hydrogen (secondary N) is 2. The van der Waals surface area contributed by atoms with Crippen molar-refractivity contribution in [2.45, 2.75) is 26.1 Å². The second-order valence-electron chi connectivity index (χ2n) is 4.56. The summed E-state index contributed by atoms with van der Waals surface area (Å²) in [6.07, 6.45) is -4.31. The monoisotopic (exact) mass is 315 g/mol. The fraction of sp³-hybridized carbons (Fsp3) is 0.357. The normalized spacial score (nSPS) is 13.2. The lowest BCUT2D eigenvalue weighted by molar-refractivity contribution is -0.137. The van der Waals surface area contributed by atoms with Gasteiger partial charge in [0, 0.05) is 17.1 Å². The van der Waals surface area contributed by atoms with E-state index in [1.165, 1.54) is 23.5 Å². The lowest BCUT2D eigenvalue weighted by Gasteiger charge is -2.09. The zero-order chi connectivity index (χ0) is 15.5. The number of alkyl halides is 3. The van der Waals surface area contributed by atoms with E-state index in [4.69, 9.17) is 0 Å². The van der Waals surface area contributed by atoms with Crippen LogP contribution in [0.5, 0.6) is 0 Å². The first-order valence-corrected chi connectivity index (χ1v) is 7.41. The highest BCUT2D eigenvalue weighted by atomic mass is 32.1. The summed E-state index contributed by atoms with van der Waals surface area (Å²) in [6, 6.07) is 5.06. The number of thiazole rings is 1. The van der Waals surface area contributed by atoms with Crippen LogP contribution in [0.1, 0.15) is 31.1 Å². The van der Waals surface area contributed by atoms with Crippen LogP contribution >= 0.6 is 11.3 Å². The summed E-state index contributed by atoms with van der Waals surface area (Å²) < 4.78 is 37.4. The second-order valence-corrected chi connectivity index (χ2v) is 5.42. The number of hydrogen-bond donors (Lipinski definition) is 2. The van der Waals surface area contributed by atoms with E-state index in [0.29, 0.717) is 10.8 Å². The third-order valence-electron chi connectivity index (χ3n) is 2.94. The van der Waals surface area contributed by atoms with Gasteiger partial charge in [-0.05, 0) is 37.7 Å². The summed E-state index contributed by atoms with van der Waals surface area (Å²) in [5, 5.41) is 8.86. The minimum Gasteiger partial charge on any atom is -0.332 e. The average Bonchev–Trinajstić information content (AvgIpc) is 2.87. The minimum absolute atomic E-state index is 0.148. The van der Waals surface area contributed by atoms with E-state index in [0.717, 1.165) is 24.4 Å². The standard InChI is InChI=1S/C14H16F3N3S/c1-3-18-9(2)12-8-21-13(20-12)19-11-6-4-10(5-7-11)14(15,16)17/h4-9,18H,3H2,1-2H3,(H,19,20). The molecule has 1 unspecified atom stereocenters. The van der Waals surface area contributed by atoms with E-state index in [2.05, 4.69) is 15.6 Å². The molecule has 1 aromatic carbocycles. The molecule has 0 aliphatic carbocycles. The molecule has 1 aromatic heterocycles. The molecule has 114 valence electrons. The fourth-order valence-electron chi connectivity index (χ4n) is 1.82. The molecule has 7 heteroatoms. The van der Waals surface area contributed by atoms with E-state index in [-0.39, 0.29) is 6.04 Å². The maximum atomic E-state index is 12.5. The van der Waals surface area contributed by atoms with Crippen molar-refractivity contribution in [2.24, 2.45) is 0 Å². The van der Waals surface area contributed by atoms with E-state index in [1.54, 1.807) is 0 Å². The highest BCUT2D eigenvalue weighted by Gasteiger charge is 2.29. The third kappa shape index (κ3) is 4.18. The number of anilines is 2. The van der Waals surface area contributed by atoms with Crippen LogP contribution in [0.3, 0.4) is 0 Å². The SMILES string of the molecule is CCNC(C)c1csc(Nc2ccc(C(F)(F)F)cc2)n1. The summed E-state index contributed by atoms with van der Waals surface area (Å²) in [5.41, 5.74) is 0.838. The van der Waals surface area contributed by atoms with Crippen LogP contribution in [-0.4, -0.2) is 11.5 Å². The first-order valence-electron chi connectivity index (χ1n) is 6.53. The first-order chi connectivity index (χ1) is 9.90. The van der Waals surface area contributed by atoms with Crippen LogP contribution in [0.2, 0.25) is 0 Å². The molecule has 0 spiro atoms. The molecular weight excluding hydrogens is 299 g/mol. The molecule has 0 radical (unpaired) electrons. The molecular formula is C14H16F3N3S. The second kappa shape index (κ2) is 6.44. The Kier molecular flexibility index (Phi) is 4.84. The van der Waals surface area contributed by atoms with Crippen LogP contribution in [0.4, 0.5) is 24.0 Å². The summed E-state index contributed by atoms with van der Waals surface area (Å²) in [4.78, 5) is 4.42. The highest BCUT2D eigenvalue weighted by molar-refractivity contribution is 7.13. The lowest BCUT2D eigenvalue weighted by Crippen LogP contribution is -2.17. The summed E-state index contributed by atoms with van der Waals surface area (Å²) >= 11 is 1.42. The Morgan fingerprint density at radius 1 is 1.24 bits per heavy atom. The van der Waals surface area contributed by atoms with Gasteiger partial charge in [-0.1, -0.05) is 6.92 Å². The molecule has 1 atom stereocenters. The predicted molar refractivity (Wildman–Crippen MR) is 78.9 cm³/mol. The summed E-state index contributed by atoms with van der Waals surface area (Å²) in [7, 11) is 0. The van der Waals surface area contributed by atoms with Crippen LogP contribution in [0.25, 0.3) is 0 Å². The minimum atomic E-state index is -4.31. The van der Waals surface area contributed by atoms with Gasteiger partial charge in [0.05, 0.1) is 11.3 Å². The van der Waals surface area contributed by atoms with Gasteiger partial charge in [0.2, 0.25) is 0 Å². The molecule has 0 bridgehead atoms. The molecule has 0 aliphatic rings. The van der Waals surface area contributed by atoms with Crippen molar-refractivity contribution in [1.82, 2.24) is 10.3 Å². The Morgan fingerprint density at radius 2 is 1.90 bits per heavy atom. The number of halogens is 3. The lowest BCUT2D eigenvalue weighted by atomic mass is 10.2. The van der Waals surface area contributed by atoms with E-state index in [1.807, 2.05) is 19.2 Å². The van der Waals surface area contributed by atoms with Gasteiger partial charge in [-0.3, -0.25) is 0 Å². The Morgan fingerprint density at radius 3 is 2.48 bits per heavy atom. The molecule has 2 rings (SSSR count). The zero-order valence-corrected chi connectivity index (χ0v) is 12.5. The zero-order valence-electron chi connectivity index (χ0n) is 11.7. The van der Waals surface area contributed by atoms with Crippen LogP contribution < -0.4 is 10.6 Å². The predicted octanol–water partition coefficient (Wildman–Crippen LogP) is 4.58. The maximum absolute atomic E-state index is 12.5. The molecule has 2 aromatic rings. The van der Waals surface area contributed by atoms with Gasteiger partial charge in [-0.15, -0.1) is 11.3 Å². The van der Waals surface area contributed by atoms with Crippen molar-refractivity contribution in [3.05, 3.63) is 40.9 Å². The Labute approximate surface area is 125 Å². The molecule has 1 heterocycles. The quantitative estimate of drug-likeness (QED) is 0.848. The van der Waals surface area contributed by atoms with Crippen molar-refractivity contribution < 1.29 is 13.2 Å². The Balaban J connectivity index is 2.05. The van der Waals surface area contributed by atoms with E-state index in [9.17, 15) is 13.2 Å². The fourth-order valence-corrected chi connectivity index (χ4v) is 2.64. The number of nitrogens with zero attached hydrogens (tertiary/aromatic N) is 1. The molecule has 0 saturated heterocycles. The van der Waals surface area contributed by atoms with Gasteiger partial charge < -0.3 is 10.6 Å². The number of rotatable bonds is 5. The number of benzene rings is 1. The molecule has 2 N–H and O–H groups in total. The van der Waals surface area contributed by atoms with Crippen molar-refractivity contribution in [3.63, 3.8) is 0 Å². The maximum Gasteiger partial charge on any atom is 0.416 e. The first kappa shape index (κ1) is 15.8. The molecule has 0 amide bonds. The molecule has 0 fully saturated rings. The highest BCUT2D eigenvalue weighted by Crippen LogP contribution is 2.31. The van der Waals surface area contributed by atoms with Crippen LogP contribution in [-0.2, 0) is 6.18 Å². The van der Waals surface area contributed by atoms with E-state index >= 15 is 0 Å². The third-order valence-corrected chi connectivity index (χ3v) is 3.72. The molecule has 0 aliphatic heterocycles. The summed E-state index contributed by atoms with van der Waals surface area (Å²) in [6.45, 7) is 4.88. The molecule has 21 heavy (non-hydrogen) atoms. The van der Waals surface area contributed by atoms with Crippen LogP contribution in [0.15, 0.2) is 29.6 Å². The summed E-state index contributed by atoms with van der Waals surface area (Å²) in [5.74, 6) is 0. The van der Waals surface area contributed by atoms with Crippen molar-refractivity contribution in [3.8, 4) is 0 Å². The van der Waals surface area contributed by atoms with Crippen molar-refractivity contribution in [2.75, 3.05) is 11.9 Å². The Hall–Kier alpha value is -1.60. The van der Waals surface area contributed by atoms with Crippen molar-refractivity contribution in [1.29, 1.82) is 0 Å². The number of hydrogen-bond acceptors (Lipinski definition) is 4. The van der Waals surface area contributed by atoms with Gasteiger partial charge in [-0.25, -0.2) is 4.98 Å². The van der Waals surface area contributed by atoms with Gasteiger partial charge in [0.1, 0.15) is 0 Å². The smallest absolute Gasteiger partial charge is 0.332 e. The topological polar surface area (TPSA) is 37.0 Å². The van der Waals surface area contributed by atoms with Gasteiger partial charge >= 0.3 is 6.18 Å². The Bertz CT molecular complexity index is 578.